The van der Waals surface area contributed by atoms with Crippen molar-refractivity contribution in [3.05, 3.63) is 67.3 Å². The van der Waals surface area contributed by atoms with Gasteiger partial charge >= 0.3 is 0 Å². The molecule has 2 heterocycles. The van der Waals surface area contributed by atoms with E-state index < -0.39 is 9.85 Å². The van der Waals surface area contributed by atoms with Crippen molar-refractivity contribution in [2.75, 3.05) is 6.54 Å². The first-order valence-electron chi connectivity index (χ1n) is 10.00. The van der Waals surface area contributed by atoms with Gasteiger partial charge < -0.3 is 0 Å². The molecular weight excluding hydrogens is 374 g/mol. The Bertz CT molecular complexity index is 942. The Morgan fingerprint density at radius 1 is 1.10 bits per heavy atom. The van der Waals surface area contributed by atoms with Crippen LogP contribution in [0.25, 0.3) is 0 Å². The van der Waals surface area contributed by atoms with Crippen LogP contribution in [-0.4, -0.2) is 31.3 Å². The van der Waals surface area contributed by atoms with Gasteiger partial charge in [0.05, 0.1) is 15.9 Å². The molecule has 4 rings (SSSR count). The molecular formula is C20H23N5O4. The second-order valence-electron chi connectivity index (χ2n) is 7.82. The highest BCUT2D eigenvalue weighted by Gasteiger charge is 2.25. The van der Waals surface area contributed by atoms with Gasteiger partial charge in [0, 0.05) is 61.1 Å². The van der Waals surface area contributed by atoms with Crippen molar-refractivity contribution in [1.29, 1.82) is 0 Å². The monoisotopic (exact) mass is 397 g/mol. The normalized spacial score (nSPS) is 17.7. The van der Waals surface area contributed by atoms with E-state index in [0.29, 0.717) is 24.6 Å². The van der Waals surface area contributed by atoms with Gasteiger partial charge in [-0.05, 0) is 18.9 Å². The number of rotatable bonds is 5. The molecule has 0 atom stereocenters. The minimum atomic E-state index is -0.616. The predicted octanol–water partition coefficient (Wildman–Crippen LogP) is 3.90. The molecule has 2 aromatic rings. The van der Waals surface area contributed by atoms with Crippen LogP contribution >= 0.6 is 0 Å². The molecule has 1 aromatic carbocycles. The lowest BCUT2D eigenvalue weighted by Gasteiger charge is -2.29. The van der Waals surface area contributed by atoms with E-state index in [4.69, 9.17) is 4.98 Å². The van der Waals surface area contributed by atoms with Gasteiger partial charge in [-0.25, -0.2) is 9.97 Å². The van der Waals surface area contributed by atoms with Gasteiger partial charge in [0.15, 0.2) is 0 Å². The Balaban J connectivity index is 1.49. The van der Waals surface area contributed by atoms with Crippen molar-refractivity contribution in [3.8, 4) is 0 Å². The van der Waals surface area contributed by atoms with Gasteiger partial charge in [0.25, 0.3) is 11.4 Å². The molecule has 9 nitrogen and oxygen atoms in total. The van der Waals surface area contributed by atoms with Crippen LogP contribution in [0.1, 0.15) is 60.7 Å². The number of nitro benzene ring substituents is 2. The molecule has 29 heavy (non-hydrogen) atoms. The lowest BCUT2D eigenvalue weighted by molar-refractivity contribution is -0.394. The van der Waals surface area contributed by atoms with Crippen molar-refractivity contribution in [2.24, 2.45) is 0 Å². The Kier molecular flexibility index (Phi) is 5.48. The summed E-state index contributed by atoms with van der Waals surface area (Å²) in [5.74, 6) is 1.43. The molecule has 0 bridgehead atoms. The smallest absolute Gasteiger partial charge is 0.280 e. The maximum Gasteiger partial charge on any atom is 0.280 e. The molecule has 0 unspecified atom stereocenters. The molecule has 1 saturated carbocycles. The van der Waals surface area contributed by atoms with E-state index >= 15 is 0 Å². The Morgan fingerprint density at radius 3 is 2.62 bits per heavy atom. The lowest BCUT2D eigenvalue weighted by atomic mass is 9.88. The summed E-state index contributed by atoms with van der Waals surface area (Å²) in [5.41, 5.74) is 2.13. The number of hydrogen-bond donors (Lipinski definition) is 0. The largest absolute Gasteiger partial charge is 0.294 e. The lowest BCUT2D eigenvalue weighted by Crippen LogP contribution is -2.31. The third-order valence-corrected chi connectivity index (χ3v) is 5.87. The zero-order chi connectivity index (χ0) is 20.4. The summed E-state index contributed by atoms with van der Waals surface area (Å²) in [5, 5.41) is 22.3. The Labute approximate surface area is 168 Å². The van der Waals surface area contributed by atoms with Gasteiger partial charge in [-0.2, -0.15) is 0 Å². The van der Waals surface area contributed by atoms with Crippen molar-refractivity contribution in [3.63, 3.8) is 0 Å². The zero-order valence-electron chi connectivity index (χ0n) is 16.1. The summed E-state index contributed by atoms with van der Waals surface area (Å²) >= 11 is 0. The van der Waals surface area contributed by atoms with E-state index in [1.165, 1.54) is 31.4 Å². The summed E-state index contributed by atoms with van der Waals surface area (Å²) in [6.45, 7) is 1.72. The van der Waals surface area contributed by atoms with E-state index in [9.17, 15) is 20.2 Å². The molecule has 2 aliphatic rings. The van der Waals surface area contributed by atoms with Crippen LogP contribution < -0.4 is 0 Å². The molecule has 0 saturated heterocycles. The van der Waals surface area contributed by atoms with E-state index in [1.807, 2.05) is 6.20 Å². The first-order valence-corrected chi connectivity index (χ1v) is 10.00. The number of nitro groups is 2. The minimum absolute atomic E-state index is 0.214. The van der Waals surface area contributed by atoms with E-state index in [-0.39, 0.29) is 11.4 Å². The minimum Gasteiger partial charge on any atom is -0.294 e. The average Bonchev–Trinajstić information content (AvgIpc) is 2.74. The molecule has 1 aliphatic carbocycles. The van der Waals surface area contributed by atoms with Crippen LogP contribution in [0.5, 0.6) is 0 Å². The molecule has 152 valence electrons. The second-order valence-corrected chi connectivity index (χ2v) is 7.82. The third-order valence-electron chi connectivity index (χ3n) is 5.87. The van der Waals surface area contributed by atoms with Crippen molar-refractivity contribution in [1.82, 2.24) is 14.9 Å². The first kappa shape index (κ1) is 19.4. The molecule has 1 aliphatic heterocycles. The van der Waals surface area contributed by atoms with E-state index in [0.717, 1.165) is 49.0 Å². The predicted molar refractivity (Wildman–Crippen MR) is 105 cm³/mol. The van der Waals surface area contributed by atoms with Crippen LogP contribution in [0.2, 0.25) is 0 Å². The third kappa shape index (κ3) is 4.24. The van der Waals surface area contributed by atoms with Gasteiger partial charge in [-0.15, -0.1) is 0 Å². The van der Waals surface area contributed by atoms with Crippen molar-refractivity contribution in [2.45, 2.75) is 57.5 Å². The summed E-state index contributed by atoms with van der Waals surface area (Å²) in [7, 11) is 0. The van der Waals surface area contributed by atoms with Gasteiger partial charge in [0.2, 0.25) is 0 Å². The van der Waals surface area contributed by atoms with Crippen molar-refractivity contribution >= 4 is 11.4 Å². The number of benzene rings is 1. The zero-order valence-corrected chi connectivity index (χ0v) is 16.1. The maximum atomic E-state index is 11.4. The fourth-order valence-electron chi connectivity index (χ4n) is 4.29. The molecule has 1 aromatic heterocycles. The SMILES string of the molecule is O=[N+]([O-])c1ccc(CN2CCc3nc(C4CCCCC4)ncc3C2)c([N+](=O)[O-])c1. The van der Waals surface area contributed by atoms with E-state index in [1.54, 1.807) is 0 Å². The summed E-state index contributed by atoms with van der Waals surface area (Å²) in [6, 6.07) is 3.83. The topological polar surface area (TPSA) is 115 Å². The highest BCUT2D eigenvalue weighted by atomic mass is 16.6. The fourth-order valence-corrected chi connectivity index (χ4v) is 4.29. The molecule has 0 N–H and O–H groups in total. The number of nitrogens with zero attached hydrogens (tertiary/aromatic N) is 5. The van der Waals surface area contributed by atoms with Crippen LogP contribution in [-0.2, 0) is 19.5 Å². The van der Waals surface area contributed by atoms with Crippen LogP contribution in [0.3, 0.4) is 0 Å². The number of fused-ring (bicyclic) bond motifs is 1. The number of hydrogen-bond acceptors (Lipinski definition) is 7. The van der Waals surface area contributed by atoms with Gasteiger partial charge in [0.1, 0.15) is 5.82 Å². The van der Waals surface area contributed by atoms with Crippen LogP contribution in [0, 0.1) is 20.2 Å². The first-order chi connectivity index (χ1) is 14.0. The quantitative estimate of drug-likeness (QED) is 0.555. The average molecular weight is 397 g/mol. The fraction of sp³-hybridized carbons (Fsp3) is 0.500. The summed E-state index contributed by atoms with van der Waals surface area (Å²) < 4.78 is 0. The highest BCUT2D eigenvalue weighted by molar-refractivity contribution is 5.49. The molecule has 1 fully saturated rings. The number of non-ortho nitro benzene ring substituents is 1. The molecule has 0 spiro atoms. The Morgan fingerprint density at radius 2 is 1.90 bits per heavy atom. The summed E-state index contributed by atoms with van der Waals surface area (Å²) in [6.07, 6.45) is 8.79. The Hall–Kier alpha value is -2.94. The van der Waals surface area contributed by atoms with Crippen molar-refractivity contribution < 1.29 is 9.85 Å². The molecule has 9 heteroatoms. The van der Waals surface area contributed by atoms with E-state index in [2.05, 4.69) is 9.88 Å². The van der Waals surface area contributed by atoms with Crippen LogP contribution in [0.15, 0.2) is 24.4 Å². The standard InChI is InChI=1S/C20H23N5O4/c26-24(27)17-7-6-15(19(10-17)25(28)29)12-23-9-8-18-16(13-23)11-21-20(22-18)14-4-2-1-3-5-14/h6-7,10-11,14H,1-5,8-9,12-13H2. The van der Waals surface area contributed by atoms with Gasteiger partial charge in [-0.1, -0.05) is 19.3 Å². The molecule has 0 amide bonds. The van der Waals surface area contributed by atoms with Crippen LogP contribution in [0.4, 0.5) is 11.4 Å². The summed E-state index contributed by atoms with van der Waals surface area (Å²) in [4.78, 5) is 32.7. The van der Waals surface area contributed by atoms with Gasteiger partial charge in [-0.3, -0.25) is 25.1 Å². The second kappa shape index (κ2) is 8.20. The highest BCUT2D eigenvalue weighted by Crippen LogP contribution is 2.32. The molecule has 0 radical (unpaired) electrons. The maximum absolute atomic E-state index is 11.4. The number of aromatic nitrogens is 2.